The number of nitrogens with one attached hydrogen (secondary N) is 2. The van der Waals surface area contributed by atoms with E-state index < -0.39 is 42.2 Å². The lowest BCUT2D eigenvalue weighted by Gasteiger charge is -2.38. The number of hydrogen-bond donors (Lipinski definition) is 3. The summed E-state index contributed by atoms with van der Waals surface area (Å²) in [6.45, 7) is 12.5. The van der Waals surface area contributed by atoms with Crippen LogP contribution in [0.4, 0.5) is 10.5 Å². The molecule has 0 bridgehead atoms. The third kappa shape index (κ3) is 9.05. The van der Waals surface area contributed by atoms with Crippen LogP contribution in [0.2, 0.25) is 0 Å². The Hall–Kier alpha value is -3.91. The van der Waals surface area contributed by atoms with Gasteiger partial charge in [-0.25, -0.2) is 4.79 Å². The molecule has 0 aliphatic heterocycles. The number of anilines is 1. The molecule has 42 heavy (non-hydrogen) atoms. The molecule has 0 aliphatic rings. The number of carbonyl (C=O) groups is 3. The predicted molar refractivity (Wildman–Crippen MR) is 167 cm³/mol. The summed E-state index contributed by atoms with van der Waals surface area (Å²) in [5, 5.41) is 17.8. The van der Waals surface area contributed by atoms with E-state index in [1.807, 2.05) is 80.6 Å². The Kier molecular flexibility index (Phi) is 11.1. The number of hydrogen-bond acceptors (Lipinski definition) is 5. The molecule has 3 N–H and O–H groups in total. The Bertz CT molecular complexity index is 1380. The minimum absolute atomic E-state index is 0.377. The van der Waals surface area contributed by atoms with Gasteiger partial charge in [0.2, 0.25) is 5.91 Å². The minimum atomic E-state index is -1.30. The highest BCUT2D eigenvalue weighted by Crippen LogP contribution is 2.30. The number of aliphatic hydroxyl groups is 1. The molecule has 8 heteroatoms. The molecule has 0 aliphatic carbocycles. The highest BCUT2D eigenvalue weighted by Gasteiger charge is 2.39. The number of rotatable bonds is 11. The maximum absolute atomic E-state index is 14.2. The second-order valence-electron chi connectivity index (χ2n) is 12.3. The SMILES string of the molecule is Cc1cccc(C(C(=O)Nc2ccc3ccccc3c2)N(C(=O)C(CO)NC(=O)OC(C)(C)C)C(C)CCC(C)C)c1. The van der Waals surface area contributed by atoms with Gasteiger partial charge in [0.25, 0.3) is 5.91 Å². The second kappa shape index (κ2) is 14.3. The Morgan fingerprint density at radius 3 is 2.21 bits per heavy atom. The minimum Gasteiger partial charge on any atom is -0.444 e. The number of aliphatic hydroxyl groups excluding tert-OH is 1. The molecule has 3 aromatic carbocycles. The van der Waals surface area contributed by atoms with Crippen molar-refractivity contribution in [1.82, 2.24) is 10.2 Å². The average Bonchev–Trinajstić information content (AvgIpc) is 2.91. The van der Waals surface area contributed by atoms with E-state index in [-0.39, 0.29) is 6.04 Å². The van der Waals surface area contributed by atoms with Crippen LogP contribution >= 0.6 is 0 Å². The first-order chi connectivity index (χ1) is 19.8. The monoisotopic (exact) mass is 575 g/mol. The van der Waals surface area contributed by atoms with Gasteiger partial charge in [0.1, 0.15) is 17.7 Å². The zero-order chi connectivity index (χ0) is 31.0. The van der Waals surface area contributed by atoms with Crippen molar-refractivity contribution in [2.45, 2.75) is 85.0 Å². The average molecular weight is 576 g/mol. The Morgan fingerprint density at radius 2 is 1.60 bits per heavy atom. The summed E-state index contributed by atoms with van der Waals surface area (Å²) < 4.78 is 5.35. The highest BCUT2D eigenvalue weighted by molar-refractivity contribution is 6.00. The number of benzene rings is 3. The molecule has 3 amide bonds. The van der Waals surface area contributed by atoms with E-state index in [0.29, 0.717) is 23.6 Å². The van der Waals surface area contributed by atoms with Crippen LogP contribution in [-0.2, 0) is 14.3 Å². The lowest BCUT2D eigenvalue weighted by molar-refractivity contribution is -0.144. The van der Waals surface area contributed by atoms with Gasteiger partial charge < -0.3 is 25.4 Å². The second-order valence-corrected chi connectivity index (χ2v) is 12.3. The number of amides is 3. The quantitative estimate of drug-likeness (QED) is 0.246. The molecule has 3 atom stereocenters. The van der Waals surface area contributed by atoms with E-state index in [1.165, 1.54) is 4.90 Å². The van der Waals surface area contributed by atoms with Crippen molar-refractivity contribution in [3.8, 4) is 0 Å². The molecule has 3 unspecified atom stereocenters. The summed E-state index contributed by atoms with van der Waals surface area (Å²) in [5.41, 5.74) is 1.38. The van der Waals surface area contributed by atoms with E-state index in [0.717, 1.165) is 22.8 Å². The molecule has 3 aromatic rings. The maximum atomic E-state index is 14.2. The molecule has 0 spiro atoms. The van der Waals surface area contributed by atoms with Crippen LogP contribution in [0, 0.1) is 12.8 Å². The van der Waals surface area contributed by atoms with Crippen molar-refractivity contribution in [3.05, 3.63) is 77.9 Å². The van der Waals surface area contributed by atoms with Gasteiger partial charge in [-0.15, -0.1) is 0 Å². The van der Waals surface area contributed by atoms with Crippen LogP contribution in [0.1, 0.15) is 71.6 Å². The van der Waals surface area contributed by atoms with Gasteiger partial charge >= 0.3 is 6.09 Å². The molecule has 8 nitrogen and oxygen atoms in total. The lowest BCUT2D eigenvalue weighted by Crippen LogP contribution is -2.56. The van der Waals surface area contributed by atoms with Crippen LogP contribution in [0.3, 0.4) is 0 Å². The van der Waals surface area contributed by atoms with E-state index in [9.17, 15) is 19.5 Å². The first-order valence-electron chi connectivity index (χ1n) is 14.6. The summed E-state index contributed by atoms with van der Waals surface area (Å²) in [6, 6.07) is 18.3. The number of aryl methyl sites for hydroxylation is 1. The number of ether oxygens (including phenoxy) is 1. The summed E-state index contributed by atoms with van der Waals surface area (Å²) in [7, 11) is 0. The molecule has 0 radical (unpaired) electrons. The fourth-order valence-electron chi connectivity index (χ4n) is 4.88. The fourth-order valence-corrected chi connectivity index (χ4v) is 4.88. The van der Waals surface area contributed by atoms with Crippen molar-refractivity contribution >= 4 is 34.4 Å². The molecule has 3 rings (SSSR count). The van der Waals surface area contributed by atoms with E-state index in [4.69, 9.17) is 4.74 Å². The number of nitrogens with zero attached hydrogens (tertiary/aromatic N) is 1. The zero-order valence-electron chi connectivity index (χ0n) is 25.8. The van der Waals surface area contributed by atoms with E-state index in [1.54, 1.807) is 20.8 Å². The van der Waals surface area contributed by atoms with Gasteiger partial charge in [-0.2, -0.15) is 0 Å². The normalized spacial score (nSPS) is 13.7. The van der Waals surface area contributed by atoms with Gasteiger partial charge in [0.05, 0.1) is 6.61 Å². The summed E-state index contributed by atoms with van der Waals surface area (Å²) in [5.74, 6) is -0.587. The number of carbonyl (C=O) groups excluding carboxylic acids is 3. The predicted octanol–water partition coefficient (Wildman–Crippen LogP) is 6.37. The standard InChI is InChI=1S/C34H45N3O5/c1-22(2)15-16-24(4)37(32(40)29(21-38)36-33(41)42-34(5,6)7)30(27-14-10-11-23(3)19-27)31(39)35-28-18-17-25-12-8-9-13-26(25)20-28/h8-14,17-20,22,24,29-30,38H,15-16,21H2,1-7H3,(H,35,39)(H,36,41). The van der Waals surface area contributed by atoms with Crippen molar-refractivity contribution in [2.75, 3.05) is 11.9 Å². The van der Waals surface area contributed by atoms with Gasteiger partial charge in [-0.1, -0.05) is 74.0 Å². The summed E-state index contributed by atoms with van der Waals surface area (Å²) in [4.78, 5) is 42.5. The van der Waals surface area contributed by atoms with E-state index >= 15 is 0 Å². The highest BCUT2D eigenvalue weighted by atomic mass is 16.6. The maximum Gasteiger partial charge on any atom is 0.408 e. The number of fused-ring (bicyclic) bond motifs is 1. The number of alkyl carbamates (subject to hydrolysis) is 1. The molecular weight excluding hydrogens is 530 g/mol. The molecule has 0 saturated carbocycles. The summed E-state index contributed by atoms with van der Waals surface area (Å²) >= 11 is 0. The molecule has 226 valence electrons. The van der Waals surface area contributed by atoms with Crippen LogP contribution in [0.5, 0.6) is 0 Å². The van der Waals surface area contributed by atoms with Crippen LogP contribution < -0.4 is 10.6 Å². The third-order valence-corrected chi connectivity index (χ3v) is 6.96. The zero-order valence-corrected chi connectivity index (χ0v) is 25.8. The van der Waals surface area contributed by atoms with Crippen molar-refractivity contribution in [3.63, 3.8) is 0 Å². The molecule has 0 saturated heterocycles. The van der Waals surface area contributed by atoms with Gasteiger partial charge in [-0.05, 0) is 81.8 Å². The Balaban J connectivity index is 2.05. The molecule has 0 fully saturated rings. The van der Waals surface area contributed by atoms with Crippen LogP contribution in [0.15, 0.2) is 66.7 Å². The third-order valence-electron chi connectivity index (χ3n) is 6.96. The van der Waals surface area contributed by atoms with Crippen molar-refractivity contribution in [2.24, 2.45) is 5.92 Å². The smallest absolute Gasteiger partial charge is 0.408 e. The van der Waals surface area contributed by atoms with Crippen LogP contribution in [-0.4, -0.2) is 52.2 Å². The Labute approximate surface area is 249 Å². The van der Waals surface area contributed by atoms with Crippen LogP contribution in [0.25, 0.3) is 10.8 Å². The topological polar surface area (TPSA) is 108 Å². The molecular formula is C34H45N3O5. The first kappa shape index (κ1) is 32.6. The largest absolute Gasteiger partial charge is 0.444 e. The van der Waals surface area contributed by atoms with Gasteiger partial charge in [-0.3, -0.25) is 9.59 Å². The molecule has 0 aromatic heterocycles. The lowest BCUT2D eigenvalue weighted by atomic mass is 9.96. The first-order valence-corrected chi connectivity index (χ1v) is 14.6. The Morgan fingerprint density at radius 1 is 0.905 bits per heavy atom. The summed E-state index contributed by atoms with van der Waals surface area (Å²) in [6.07, 6.45) is 0.623. The fraction of sp³-hybridized carbons (Fsp3) is 0.441. The van der Waals surface area contributed by atoms with E-state index in [2.05, 4.69) is 24.5 Å². The molecule has 0 heterocycles. The van der Waals surface area contributed by atoms with Crippen molar-refractivity contribution < 1.29 is 24.2 Å². The van der Waals surface area contributed by atoms with Crippen molar-refractivity contribution in [1.29, 1.82) is 0 Å². The van der Waals surface area contributed by atoms with Gasteiger partial charge in [0, 0.05) is 11.7 Å². The van der Waals surface area contributed by atoms with Gasteiger partial charge in [0.15, 0.2) is 0 Å².